The predicted octanol–water partition coefficient (Wildman–Crippen LogP) is 1.33. The van der Waals surface area contributed by atoms with E-state index in [9.17, 15) is 18.0 Å². The molecular formula is C17H21F3N4O4. The van der Waals surface area contributed by atoms with E-state index in [2.05, 4.69) is 19.8 Å². The number of rotatable bonds is 2. The molecule has 28 heavy (non-hydrogen) atoms. The largest absolute Gasteiger partial charge is 0.490 e. The summed E-state index contributed by atoms with van der Waals surface area (Å²) < 4.78 is 37.1. The summed E-state index contributed by atoms with van der Waals surface area (Å²) in [6.45, 7) is 3.11. The van der Waals surface area contributed by atoms with Gasteiger partial charge < -0.3 is 19.6 Å². The van der Waals surface area contributed by atoms with E-state index in [4.69, 9.17) is 14.6 Å². The molecule has 4 heterocycles. The Labute approximate surface area is 159 Å². The molecule has 1 amide bonds. The van der Waals surface area contributed by atoms with Gasteiger partial charge in [0.15, 0.2) is 0 Å². The second kappa shape index (κ2) is 8.29. The van der Waals surface area contributed by atoms with Crippen molar-refractivity contribution in [3.8, 4) is 0 Å². The van der Waals surface area contributed by atoms with Gasteiger partial charge in [-0.15, -0.1) is 0 Å². The zero-order valence-corrected chi connectivity index (χ0v) is 15.0. The molecule has 3 aliphatic rings. The van der Waals surface area contributed by atoms with E-state index in [0.717, 1.165) is 44.9 Å². The molecular weight excluding hydrogens is 381 g/mol. The van der Waals surface area contributed by atoms with Crippen molar-refractivity contribution in [3.63, 3.8) is 0 Å². The topological polar surface area (TPSA) is 95.9 Å². The van der Waals surface area contributed by atoms with Crippen LogP contribution in [0.3, 0.4) is 0 Å². The van der Waals surface area contributed by atoms with Crippen molar-refractivity contribution in [2.75, 3.05) is 31.2 Å². The molecule has 3 fully saturated rings. The van der Waals surface area contributed by atoms with E-state index in [1.165, 1.54) is 0 Å². The molecule has 1 aromatic heterocycles. The maximum atomic E-state index is 12.6. The number of hydrogen-bond acceptors (Lipinski definition) is 6. The van der Waals surface area contributed by atoms with Gasteiger partial charge in [-0.1, -0.05) is 0 Å². The lowest BCUT2D eigenvalue weighted by Crippen LogP contribution is -2.42. The minimum atomic E-state index is -5.08. The number of carbonyl (C=O) groups is 2. The Balaban J connectivity index is 0.000000279. The van der Waals surface area contributed by atoms with E-state index in [-0.39, 0.29) is 11.8 Å². The van der Waals surface area contributed by atoms with Gasteiger partial charge in [-0.05, 0) is 25.3 Å². The first-order valence-electron chi connectivity index (χ1n) is 9.01. The van der Waals surface area contributed by atoms with Gasteiger partial charge in [0.05, 0.1) is 24.6 Å². The summed E-state index contributed by atoms with van der Waals surface area (Å²) in [6.07, 6.45) is 1.38. The average molecular weight is 402 g/mol. The van der Waals surface area contributed by atoms with Crippen LogP contribution < -0.4 is 4.90 Å². The van der Waals surface area contributed by atoms with Gasteiger partial charge in [0.1, 0.15) is 0 Å². The Morgan fingerprint density at radius 3 is 2.32 bits per heavy atom. The number of nitrogens with zero attached hydrogens (tertiary/aromatic N) is 4. The summed E-state index contributed by atoms with van der Waals surface area (Å²) in [6, 6.07) is 2.53. The third-order valence-electron chi connectivity index (χ3n) is 5.19. The van der Waals surface area contributed by atoms with Crippen LogP contribution in [0.1, 0.15) is 19.3 Å². The number of alkyl halides is 3. The van der Waals surface area contributed by atoms with Gasteiger partial charge in [-0.3, -0.25) is 4.79 Å². The number of carboxylic acids is 1. The van der Waals surface area contributed by atoms with Crippen molar-refractivity contribution in [3.05, 3.63) is 18.5 Å². The smallest absolute Gasteiger partial charge is 0.475 e. The fourth-order valence-electron chi connectivity index (χ4n) is 3.91. The van der Waals surface area contributed by atoms with Gasteiger partial charge >= 0.3 is 12.1 Å². The zero-order chi connectivity index (χ0) is 20.3. The van der Waals surface area contributed by atoms with E-state index < -0.39 is 12.1 Å². The molecule has 1 N–H and O–H groups in total. The van der Waals surface area contributed by atoms with Crippen LogP contribution in [0.2, 0.25) is 0 Å². The highest BCUT2D eigenvalue weighted by atomic mass is 19.4. The number of halogens is 3. The highest BCUT2D eigenvalue weighted by molar-refractivity contribution is 5.80. The molecule has 1 unspecified atom stereocenters. The molecule has 3 atom stereocenters. The summed E-state index contributed by atoms with van der Waals surface area (Å²) in [7, 11) is 0. The standard InChI is InChI=1S/C15H20N4O2.C2HF3O2/c20-14(11-4-9-21-10-11)18-7-2-13-12(18)3-8-19(13)15-16-5-1-6-17-15;3-2(4,5)1(6)7/h1,5-6,11-13H,2-4,7-10H2;(H,6,7)/t11?,12-,13+;/m1./s1. The van der Waals surface area contributed by atoms with Crippen molar-refractivity contribution in [2.24, 2.45) is 5.92 Å². The van der Waals surface area contributed by atoms with Gasteiger partial charge in [0.2, 0.25) is 11.9 Å². The third-order valence-corrected chi connectivity index (χ3v) is 5.19. The van der Waals surface area contributed by atoms with Crippen molar-refractivity contribution < 1.29 is 32.6 Å². The number of aromatic nitrogens is 2. The Bertz CT molecular complexity index is 697. The number of fused-ring (bicyclic) bond motifs is 1. The fourth-order valence-corrected chi connectivity index (χ4v) is 3.91. The molecule has 3 saturated heterocycles. The number of carboxylic acid groups (broad SMARTS) is 1. The predicted molar refractivity (Wildman–Crippen MR) is 90.5 cm³/mol. The van der Waals surface area contributed by atoms with Gasteiger partial charge in [-0.25, -0.2) is 14.8 Å². The quantitative estimate of drug-likeness (QED) is 0.797. The van der Waals surface area contributed by atoms with Crippen molar-refractivity contribution in [1.82, 2.24) is 14.9 Å². The number of hydrogen-bond donors (Lipinski definition) is 1. The number of carbonyl (C=O) groups excluding carboxylic acids is 1. The lowest BCUT2D eigenvalue weighted by molar-refractivity contribution is -0.192. The molecule has 4 rings (SSSR count). The summed E-state index contributed by atoms with van der Waals surface area (Å²) in [5.74, 6) is -1.60. The Hall–Kier alpha value is -2.43. The van der Waals surface area contributed by atoms with Crippen LogP contribution in [0.4, 0.5) is 19.1 Å². The van der Waals surface area contributed by atoms with Crippen LogP contribution in [-0.2, 0) is 14.3 Å². The number of likely N-dealkylation sites (tertiary alicyclic amines) is 1. The monoisotopic (exact) mass is 402 g/mol. The number of anilines is 1. The minimum absolute atomic E-state index is 0.0748. The second-order valence-electron chi connectivity index (χ2n) is 6.85. The summed E-state index contributed by atoms with van der Waals surface area (Å²) >= 11 is 0. The highest BCUT2D eigenvalue weighted by Gasteiger charge is 2.46. The van der Waals surface area contributed by atoms with Crippen LogP contribution in [0, 0.1) is 5.92 Å². The van der Waals surface area contributed by atoms with Gasteiger partial charge in [0, 0.05) is 32.1 Å². The Morgan fingerprint density at radius 1 is 1.11 bits per heavy atom. The lowest BCUT2D eigenvalue weighted by Gasteiger charge is -2.27. The highest BCUT2D eigenvalue weighted by Crippen LogP contribution is 2.35. The normalized spacial score (nSPS) is 26.6. The number of aliphatic carboxylic acids is 1. The molecule has 3 aliphatic heterocycles. The van der Waals surface area contributed by atoms with E-state index in [1.807, 2.05) is 6.07 Å². The van der Waals surface area contributed by atoms with Crippen molar-refractivity contribution >= 4 is 17.8 Å². The first-order chi connectivity index (χ1) is 13.3. The molecule has 8 nitrogen and oxygen atoms in total. The first-order valence-corrected chi connectivity index (χ1v) is 9.01. The maximum absolute atomic E-state index is 12.6. The SMILES string of the molecule is O=C(C1CCOC1)N1CC[C@H]2[C@H]1CCN2c1ncccn1.O=C(O)C(F)(F)F. The second-order valence-corrected chi connectivity index (χ2v) is 6.85. The average Bonchev–Trinajstić information content (AvgIpc) is 3.39. The maximum Gasteiger partial charge on any atom is 0.490 e. The fraction of sp³-hybridized carbons (Fsp3) is 0.647. The molecule has 1 aromatic rings. The van der Waals surface area contributed by atoms with Gasteiger partial charge in [0.25, 0.3) is 0 Å². The number of amides is 1. The summed E-state index contributed by atoms with van der Waals surface area (Å²) in [4.78, 5) is 34.6. The lowest BCUT2D eigenvalue weighted by atomic mass is 10.1. The zero-order valence-electron chi connectivity index (χ0n) is 15.0. The molecule has 0 radical (unpaired) electrons. The molecule has 0 aromatic carbocycles. The molecule has 0 spiro atoms. The number of ether oxygens (including phenoxy) is 1. The van der Waals surface area contributed by atoms with Crippen LogP contribution in [-0.4, -0.2) is 76.4 Å². The van der Waals surface area contributed by atoms with Crippen LogP contribution in [0.15, 0.2) is 18.5 Å². The van der Waals surface area contributed by atoms with Gasteiger partial charge in [-0.2, -0.15) is 13.2 Å². The molecule has 11 heteroatoms. The van der Waals surface area contributed by atoms with E-state index in [1.54, 1.807) is 12.4 Å². The molecule has 0 aliphatic carbocycles. The van der Waals surface area contributed by atoms with E-state index in [0.29, 0.717) is 18.7 Å². The third kappa shape index (κ3) is 4.34. The molecule has 0 bridgehead atoms. The Morgan fingerprint density at radius 2 is 1.75 bits per heavy atom. The van der Waals surface area contributed by atoms with Crippen LogP contribution in [0.5, 0.6) is 0 Å². The minimum Gasteiger partial charge on any atom is -0.475 e. The van der Waals surface area contributed by atoms with Crippen LogP contribution in [0.25, 0.3) is 0 Å². The van der Waals surface area contributed by atoms with Crippen molar-refractivity contribution in [2.45, 2.75) is 37.5 Å². The summed E-state index contributed by atoms with van der Waals surface area (Å²) in [5, 5.41) is 7.12. The molecule has 0 saturated carbocycles. The summed E-state index contributed by atoms with van der Waals surface area (Å²) in [5.41, 5.74) is 0. The van der Waals surface area contributed by atoms with Crippen molar-refractivity contribution in [1.29, 1.82) is 0 Å². The molecule has 154 valence electrons. The van der Waals surface area contributed by atoms with Crippen LogP contribution >= 0.6 is 0 Å². The first kappa shape index (κ1) is 20.3. The van der Waals surface area contributed by atoms with E-state index >= 15 is 0 Å². The Kier molecular flexibility index (Phi) is 6.01.